The minimum absolute atomic E-state index is 0.145. The predicted molar refractivity (Wildman–Crippen MR) is 112 cm³/mol. The van der Waals surface area contributed by atoms with E-state index in [0.29, 0.717) is 22.0 Å². The van der Waals surface area contributed by atoms with E-state index in [-0.39, 0.29) is 18.1 Å². The molecule has 0 saturated heterocycles. The van der Waals surface area contributed by atoms with Crippen LogP contribution in [0, 0.1) is 0 Å². The molecule has 1 aromatic heterocycles. The molecule has 29 heavy (non-hydrogen) atoms. The Bertz CT molecular complexity index is 1170. The third-order valence-electron chi connectivity index (χ3n) is 4.21. The van der Waals surface area contributed by atoms with E-state index in [9.17, 15) is 9.59 Å². The molecule has 3 aromatic carbocycles. The number of carboxylic acid groups (broad SMARTS) is 1. The summed E-state index contributed by atoms with van der Waals surface area (Å²) < 4.78 is 6.80. The standard InChI is InChI=1S/C22H16N2O4S/c25-20(24-22-23-17-9-2-4-11-19(17)29-22)16-8-1-3-10-18(16)28-13-14-6-5-7-15(12-14)21(26)27/h1-12H,13H2,(H,26,27)(H,23,24,25). The zero-order valence-electron chi connectivity index (χ0n) is 15.2. The lowest BCUT2D eigenvalue weighted by Crippen LogP contribution is -2.13. The zero-order valence-corrected chi connectivity index (χ0v) is 16.0. The second-order valence-electron chi connectivity index (χ2n) is 6.23. The molecule has 0 aliphatic heterocycles. The van der Waals surface area contributed by atoms with E-state index in [1.807, 2.05) is 24.3 Å². The lowest BCUT2D eigenvalue weighted by atomic mass is 10.1. The minimum atomic E-state index is -0.998. The summed E-state index contributed by atoms with van der Waals surface area (Å²) in [5.74, 6) is -0.909. The van der Waals surface area contributed by atoms with Gasteiger partial charge in [-0.2, -0.15) is 0 Å². The van der Waals surface area contributed by atoms with Crippen LogP contribution in [0.5, 0.6) is 5.75 Å². The van der Waals surface area contributed by atoms with E-state index < -0.39 is 5.97 Å². The summed E-state index contributed by atoms with van der Waals surface area (Å²) in [6.45, 7) is 0.145. The van der Waals surface area contributed by atoms with Crippen LogP contribution in [-0.2, 0) is 6.61 Å². The lowest BCUT2D eigenvalue weighted by molar-refractivity contribution is 0.0696. The predicted octanol–water partition coefficient (Wildman–Crippen LogP) is 4.83. The highest BCUT2D eigenvalue weighted by molar-refractivity contribution is 7.22. The van der Waals surface area contributed by atoms with Gasteiger partial charge in [-0.25, -0.2) is 9.78 Å². The summed E-state index contributed by atoms with van der Waals surface area (Å²) in [4.78, 5) is 28.3. The Morgan fingerprint density at radius 3 is 2.62 bits per heavy atom. The van der Waals surface area contributed by atoms with Gasteiger partial charge in [0.2, 0.25) is 0 Å². The first-order valence-corrected chi connectivity index (χ1v) is 9.63. The van der Waals surface area contributed by atoms with Crippen molar-refractivity contribution in [1.29, 1.82) is 0 Å². The van der Waals surface area contributed by atoms with E-state index in [2.05, 4.69) is 10.3 Å². The number of carbonyl (C=O) groups excluding carboxylic acids is 1. The minimum Gasteiger partial charge on any atom is -0.488 e. The van der Waals surface area contributed by atoms with Crippen molar-refractivity contribution in [1.82, 2.24) is 4.98 Å². The summed E-state index contributed by atoms with van der Waals surface area (Å²) in [7, 11) is 0. The number of nitrogens with one attached hydrogen (secondary N) is 1. The molecule has 0 aliphatic carbocycles. The first-order valence-electron chi connectivity index (χ1n) is 8.81. The van der Waals surface area contributed by atoms with Gasteiger partial charge in [0.15, 0.2) is 5.13 Å². The molecule has 1 heterocycles. The highest BCUT2D eigenvalue weighted by Gasteiger charge is 2.15. The number of aromatic nitrogens is 1. The Morgan fingerprint density at radius 2 is 1.79 bits per heavy atom. The highest BCUT2D eigenvalue weighted by Crippen LogP contribution is 2.27. The number of hydrogen-bond acceptors (Lipinski definition) is 5. The number of aromatic carboxylic acids is 1. The fourth-order valence-corrected chi connectivity index (χ4v) is 3.69. The average Bonchev–Trinajstić information content (AvgIpc) is 3.15. The molecule has 0 aliphatic rings. The van der Waals surface area contributed by atoms with Crippen LogP contribution in [0.1, 0.15) is 26.3 Å². The van der Waals surface area contributed by atoms with Crippen LogP contribution in [0.2, 0.25) is 0 Å². The Hall–Kier alpha value is -3.71. The number of benzene rings is 3. The van der Waals surface area contributed by atoms with Crippen molar-refractivity contribution in [2.24, 2.45) is 0 Å². The highest BCUT2D eigenvalue weighted by atomic mass is 32.1. The fraction of sp³-hybridized carbons (Fsp3) is 0.0455. The van der Waals surface area contributed by atoms with Crippen LogP contribution >= 0.6 is 11.3 Å². The first kappa shape index (κ1) is 18.6. The second kappa shape index (κ2) is 8.12. The molecule has 7 heteroatoms. The molecule has 144 valence electrons. The summed E-state index contributed by atoms with van der Waals surface area (Å²) in [5.41, 5.74) is 2.09. The van der Waals surface area contributed by atoms with Gasteiger partial charge in [0.1, 0.15) is 12.4 Å². The number of para-hydroxylation sites is 2. The zero-order chi connectivity index (χ0) is 20.2. The van der Waals surface area contributed by atoms with Crippen molar-refractivity contribution in [2.75, 3.05) is 5.32 Å². The molecular weight excluding hydrogens is 388 g/mol. The van der Waals surface area contributed by atoms with Crippen molar-refractivity contribution in [2.45, 2.75) is 6.61 Å². The molecule has 1 amide bonds. The molecule has 0 saturated carbocycles. The smallest absolute Gasteiger partial charge is 0.335 e. The third-order valence-corrected chi connectivity index (χ3v) is 5.17. The number of amides is 1. The maximum absolute atomic E-state index is 12.8. The summed E-state index contributed by atoms with van der Waals surface area (Å²) >= 11 is 1.40. The van der Waals surface area contributed by atoms with Gasteiger partial charge < -0.3 is 9.84 Å². The number of fused-ring (bicyclic) bond motifs is 1. The van der Waals surface area contributed by atoms with Crippen LogP contribution < -0.4 is 10.1 Å². The van der Waals surface area contributed by atoms with Gasteiger partial charge in [-0.3, -0.25) is 10.1 Å². The number of ether oxygens (including phenoxy) is 1. The molecule has 4 aromatic rings. The number of nitrogens with zero attached hydrogens (tertiary/aromatic N) is 1. The van der Waals surface area contributed by atoms with Gasteiger partial charge >= 0.3 is 5.97 Å². The van der Waals surface area contributed by atoms with E-state index in [1.165, 1.54) is 17.4 Å². The number of carbonyl (C=O) groups is 2. The van der Waals surface area contributed by atoms with E-state index in [1.54, 1.807) is 42.5 Å². The van der Waals surface area contributed by atoms with E-state index in [4.69, 9.17) is 9.84 Å². The summed E-state index contributed by atoms with van der Waals surface area (Å²) in [5, 5.41) is 12.4. The van der Waals surface area contributed by atoms with Crippen molar-refractivity contribution >= 4 is 38.6 Å². The van der Waals surface area contributed by atoms with Gasteiger partial charge in [0.05, 0.1) is 21.3 Å². The van der Waals surface area contributed by atoms with Gasteiger partial charge in [-0.1, -0.05) is 47.7 Å². The molecular formula is C22H16N2O4S. The Labute approximate surface area is 170 Å². The molecule has 0 bridgehead atoms. The first-order chi connectivity index (χ1) is 14.1. The average molecular weight is 404 g/mol. The van der Waals surface area contributed by atoms with Crippen molar-refractivity contribution in [3.8, 4) is 5.75 Å². The molecule has 2 N–H and O–H groups in total. The number of carboxylic acids is 1. The van der Waals surface area contributed by atoms with Crippen LogP contribution in [0.3, 0.4) is 0 Å². The Morgan fingerprint density at radius 1 is 1.00 bits per heavy atom. The molecule has 0 spiro atoms. The molecule has 6 nitrogen and oxygen atoms in total. The van der Waals surface area contributed by atoms with Crippen molar-refractivity contribution in [3.05, 3.63) is 89.5 Å². The molecule has 0 atom stereocenters. The van der Waals surface area contributed by atoms with Crippen LogP contribution in [0.15, 0.2) is 72.8 Å². The Balaban J connectivity index is 1.50. The summed E-state index contributed by atoms with van der Waals surface area (Å²) in [6.07, 6.45) is 0. The van der Waals surface area contributed by atoms with Crippen LogP contribution in [0.25, 0.3) is 10.2 Å². The maximum Gasteiger partial charge on any atom is 0.335 e. The number of thiazole rings is 1. The normalized spacial score (nSPS) is 10.6. The molecule has 4 rings (SSSR count). The maximum atomic E-state index is 12.8. The van der Waals surface area contributed by atoms with Crippen LogP contribution in [0.4, 0.5) is 5.13 Å². The van der Waals surface area contributed by atoms with Crippen molar-refractivity contribution < 1.29 is 19.4 Å². The quantitative estimate of drug-likeness (QED) is 0.481. The van der Waals surface area contributed by atoms with Crippen LogP contribution in [-0.4, -0.2) is 22.0 Å². The lowest BCUT2D eigenvalue weighted by Gasteiger charge is -2.11. The number of hydrogen-bond donors (Lipinski definition) is 2. The SMILES string of the molecule is O=C(O)c1cccc(COc2ccccc2C(=O)Nc2nc3ccccc3s2)c1. The van der Waals surface area contributed by atoms with E-state index >= 15 is 0 Å². The number of anilines is 1. The van der Waals surface area contributed by atoms with Gasteiger partial charge in [0.25, 0.3) is 5.91 Å². The topological polar surface area (TPSA) is 88.5 Å². The molecule has 0 unspecified atom stereocenters. The Kier molecular flexibility index (Phi) is 5.22. The molecule has 0 radical (unpaired) electrons. The number of rotatable bonds is 6. The van der Waals surface area contributed by atoms with Gasteiger partial charge in [-0.15, -0.1) is 0 Å². The summed E-state index contributed by atoms with van der Waals surface area (Å²) in [6, 6.07) is 21.1. The fourth-order valence-electron chi connectivity index (χ4n) is 2.83. The largest absolute Gasteiger partial charge is 0.488 e. The third kappa shape index (κ3) is 4.25. The second-order valence-corrected chi connectivity index (χ2v) is 7.26. The monoisotopic (exact) mass is 404 g/mol. The van der Waals surface area contributed by atoms with E-state index in [0.717, 1.165) is 10.2 Å². The van der Waals surface area contributed by atoms with Gasteiger partial charge in [0, 0.05) is 0 Å². The van der Waals surface area contributed by atoms with Gasteiger partial charge in [-0.05, 0) is 42.0 Å². The molecule has 0 fully saturated rings. The van der Waals surface area contributed by atoms with Crippen molar-refractivity contribution in [3.63, 3.8) is 0 Å².